The molecule has 216 valence electrons. The minimum atomic E-state index is -1.16. The molecule has 13 heteroatoms. The van der Waals surface area contributed by atoms with Gasteiger partial charge in [-0.1, -0.05) is 19.9 Å². The number of ether oxygens (including phenoxy) is 1. The van der Waals surface area contributed by atoms with Crippen molar-refractivity contribution in [3.05, 3.63) is 40.8 Å². The molecule has 0 spiro atoms. The van der Waals surface area contributed by atoms with Crippen molar-refractivity contribution in [2.45, 2.75) is 59.0 Å². The van der Waals surface area contributed by atoms with Crippen LogP contribution in [0.25, 0.3) is 0 Å². The van der Waals surface area contributed by atoms with Crippen molar-refractivity contribution < 1.29 is 33.8 Å². The minimum Gasteiger partial charge on any atom is -0.481 e. The standard InChI is InChI=1S/C26H39N5O8/c1-4-30(5-2)17-15-27-22(33)18-31-16-9-11-20(26(31)38)29-25(37)19(28-21(32)13-14-23(34)35)10-7-8-12-24(36)39-6-3/h8-9,11-12,16,19H,4-7,10,13-15,17-18H2,1-3H3,(H,27,33)(H,28,32)(H,29,37)(H,34,35)/b12-8+. The van der Waals surface area contributed by atoms with Crippen LogP contribution in [-0.2, 0) is 35.3 Å². The van der Waals surface area contributed by atoms with E-state index in [-0.39, 0.29) is 44.0 Å². The predicted octanol–water partition coefficient (Wildman–Crippen LogP) is 0.494. The molecule has 1 aromatic rings. The van der Waals surface area contributed by atoms with Gasteiger partial charge < -0.3 is 35.3 Å². The Labute approximate surface area is 227 Å². The largest absolute Gasteiger partial charge is 0.481 e. The molecule has 1 heterocycles. The number of carboxylic acid groups (broad SMARTS) is 1. The first-order chi connectivity index (χ1) is 18.6. The second kappa shape index (κ2) is 18.3. The van der Waals surface area contributed by atoms with Gasteiger partial charge in [-0.25, -0.2) is 4.79 Å². The molecule has 1 unspecified atom stereocenters. The average Bonchev–Trinajstić information content (AvgIpc) is 2.89. The van der Waals surface area contributed by atoms with Crippen LogP contribution in [0.3, 0.4) is 0 Å². The molecule has 1 aromatic heterocycles. The Hall–Kier alpha value is -4.00. The highest BCUT2D eigenvalue weighted by Crippen LogP contribution is 2.06. The predicted molar refractivity (Wildman–Crippen MR) is 144 cm³/mol. The molecule has 0 fully saturated rings. The van der Waals surface area contributed by atoms with Gasteiger partial charge in [0.25, 0.3) is 5.56 Å². The second-order valence-electron chi connectivity index (χ2n) is 8.47. The summed E-state index contributed by atoms with van der Waals surface area (Å²) in [4.78, 5) is 74.8. The smallest absolute Gasteiger partial charge is 0.330 e. The first-order valence-corrected chi connectivity index (χ1v) is 12.9. The number of anilines is 1. The van der Waals surface area contributed by atoms with Crippen molar-refractivity contribution in [3.63, 3.8) is 0 Å². The maximum atomic E-state index is 13.0. The van der Waals surface area contributed by atoms with Crippen LogP contribution in [-0.4, -0.2) is 83.1 Å². The number of nitrogens with one attached hydrogen (secondary N) is 3. The molecule has 1 rings (SSSR count). The van der Waals surface area contributed by atoms with E-state index in [9.17, 15) is 28.8 Å². The summed E-state index contributed by atoms with van der Waals surface area (Å²) in [7, 11) is 0. The molecular weight excluding hydrogens is 510 g/mol. The van der Waals surface area contributed by atoms with E-state index in [0.717, 1.165) is 17.7 Å². The zero-order chi connectivity index (χ0) is 29.2. The number of aliphatic carboxylic acids is 1. The van der Waals surface area contributed by atoms with E-state index in [2.05, 4.69) is 20.9 Å². The Bertz CT molecular complexity index is 1060. The lowest BCUT2D eigenvalue weighted by molar-refractivity contribution is -0.139. The van der Waals surface area contributed by atoms with Crippen LogP contribution in [0.5, 0.6) is 0 Å². The topological polar surface area (TPSA) is 176 Å². The fraction of sp³-hybridized carbons (Fsp3) is 0.538. The van der Waals surface area contributed by atoms with Crippen LogP contribution in [0.15, 0.2) is 35.3 Å². The fourth-order valence-corrected chi connectivity index (χ4v) is 3.47. The third-order valence-corrected chi connectivity index (χ3v) is 5.62. The molecule has 0 aliphatic rings. The minimum absolute atomic E-state index is 0.0660. The quantitative estimate of drug-likeness (QED) is 0.150. The van der Waals surface area contributed by atoms with Gasteiger partial charge in [0.1, 0.15) is 18.3 Å². The third-order valence-electron chi connectivity index (χ3n) is 5.62. The Morgan fingerprint density at radius 1 is 1.10 bits per heavy atom. The molecule has 0 radical (unpaired) electrons. The Kier molecular flexibility index (Phi) is 15.5. The fourth-order valence-electron chi connectivity index (χ4n) is 3.47. The zero-order valence-corrected chi connectivity index (χ0v) is 22.7. The van der Waals surface area contributed by atoms with Crippen LogP contribution < -0.4 is 21.5 Å². The molecule has 1 atom stereocenters. The average molecular weight is 550 g/mol. The second-order valence-corrected chi connectivity index (χ2v) is 8.47. The molecule has 39 heavy (non-hydrogen) atoms. The van der Waals surface area contributed by atoms with Crippen molar-refractivity contribution >= 4 is 35.3 Å². The molecule has 0 aliphatic heterocycles. The summed E-state index contributed by atoms with van der Waals surface area (Å²) in [6, 6.07) is 1.76. The van der Waals surface area contributed by atoms with E-state index < -0.39 is 41.8 Å². The number of hydrogen-bond donors (Lipinski definition) is 4. The molecule has 0 saturated heterocycles. The maximum absolute atomic E-state index is 13.0. The number of aromatic nitrogens is 1. The van der Waals surface area contributed by atoms with Crippen LogP contribution in [0, 0.1) is 0 Å². The van der Waals surface area contributed by atoms with E-state index in [0.29, 0.717) is 13.1 Å². The number of carbonyl (C=O) groups excluding carboxylic acids is 4. The lowest BCUT2D eigenvalue weighted by Gasteiger charge is -2.19. The van der Waals surface area contributed by atoms with Gasteiger partial charge in [0.15, 0.2) is 0 Å². The van der Waals surface area contributed by atoms with Crippen LogP contribution in [0.1, 0.15) is 46.5 Å². The summed E-state index contributed by atoms with van der Waals surface area (Å²) in [6.45, 7) is 8.50. The number of carboxylic acids is 1. The number of pyridine rings is 1. The highest BCUT2D eigenvalue weighted by Gasteiger charge is 2.22. The maximum Gasteiger partial charge on any atom is 0.330 e. The third kappa shape index (κ3) is 13.4. The van der Waals surface area contributed by atoms with Crippen molar-refractivity contribution in [2.24, 2.45) is 0 Å². The Morgan fingerprint density at radius 3 is 2.46 bits per heavy atom. The van der Waals surface area contributed by atoms with E-state index >= 15 is 0 Å². The van der Waals surface area contributed by atoms with Crippen molar-refractivity contribution in [3.8, 4) is 0 Å². The van der Waals surface area contributed by atoms with Gasteiger partial charge in [-0.2, -0.15) is 0 Å². The first kappa shape index (κ1) is 33.0. The van der Waals surface area contributed by atoms with Gasteiger partial charge in [-0.15, -0.1) is 0 Å². The number of esters is 1. The summed E-state index contributed by atoms with van der Waals surface area (Å²) >= 11 is 0. The van der Waals surface area contributed by atoms with E-state index in [1.165, 1.54) is 30.5 Å². The first-order valence-electron chi connectivity index (χ1n) is 12.9. The zero-order valence-electron chi connectivity index (χ0n) is 22.7. The Morgan fingerprint density at radius 2 is 1.82 bits per heavy atom. The van der Waals surface area contributed by atoms with E-state index in [1.807, 2.05) is 13.8 Å². The number of amides is 3. The van der Waals surface area contributed by atoms with Crippen molar-refractivity contribution in [2.75, 3.05) is 38.1 Å². The van der Waals surface area contributed by atoms with Gasteiger partial charge in [-0.3, -0.25) is 24.0 Å². The molecule has 3 amide bonds. The summed E-state index contributed by atoms with van der Waals surface area (Å²) in [5, 5.41) is 16.5. The van der Waals surface area contributed by atoms with Gasteiger partial charge in [0.2, 0.25) is 17.7 Å². The molecule has 4 N–H and O–H groups in total. The molecular formula is C26H39N5O8. The number of carbonyl (C=O) groups is 5. The summed E-state index contributed by atoms with van der Waals surface area (Å²) in [5.74, 6) is -3.43. The molecule has 13 nitrogen and oxygen atoms in total. The molecule has 0 aromatic carbocycles. The number of nitrogens with zero attached hydrogens (tertiary/aromatic N) is 2. The lowest BCUT2D eigenvalue weighted by atomic mass is 10.1. The summed E-state index contributed by atoms with van der Waals surface area (Å²) < 4.78 is 5.95. The normalized spacial score (nSPS) is 11.7. The highest BCUT2D eigenvalue weighted by molar-refractivity contribution is 5.97. The molecule has 0 saturated carbocycles. The van der Waals surface area contributed by atoms with Gasteiger partial charge >= 0.3 is 11.9 Å². The number of allylic oxidation sites excluding steroid dienone is 1. The summed E-state index contributed by atoms with van der Waals surface area (Å²) in [5.41, 5.74) is -0.701. The molecule has 0 bridgehead atoms. The van der Waals surface area contributed by atoms with Crippen LogP contribution in [0.2, 0.25) is 0 Å². The SMILES string of the molecule is CCOC(=O)/C=C/CCC(NC(=O)CCC(=O)O)C(=O)Nc1cccn(CC(=O)NCCN(CC)CC)c1=O. The van der Waals surface area contributed by atoms with Gasteiger partial charge in [-0.05, 0) is 45.0 Å². The van der Waals surface area contributed by atoms with Crippen LogP contribution in [0.4, 0.5) is 5.69 Å². The van der Waals surface area contributed by atoms with Gasteiger partial charge in [0, 0.05) is 31.8 Å². The van der Waals surface area contributed by atoms with Crippen molar-refractivity contribution in [1.82, 2.24) is 20.1 Å². The number of likely N-dealkylation sites (N-methyl/N-ethyl adjacent to an activating group) is 1. The van der Waals surface area contributed by atoms with Crippen molar-refractivity contribution in [1.29, 1.82) is 0 Å². The monoisotopic (exact) mass is 549 g/mol. The van der Waals surface area contributed by atoms with Gasteiger partial charge in [0.05, 0.1) is 13.0 Å². The van der Waals surface area contributed by atoms with Crippen LogP contribution >= 0.6 is 0 Å². The lowest BCUT2D eigenvalue weighted by Crippen LogP contribution is -2.44. The Balaban J connectivity index is 2.88. The highest BCUT2D eigenvalue weighted by atomic mass is 16.5. The number of rotatable bonds is 18. The number of hydrogen-bond acceptors (Lipinski definition) is 8. The van der Waals surface area contributed by atoms with E-state index in [1.54, 1.807) is 6.92 Å². The molecule has 0 aliphatic carbocycles. The summed E-state index contributed by atoms with van der Waals surface area (Å²) in [6.07, 6.45) is 3.64. The van der Waals surface area contributed by atoms with E-state index in [4.69, 9.17) is 9.84 Å².